The van der Waals surface area contributed by atoms with Gasteiger partial charge >= 0.3 is 5.97 Å². The quantitative estimate of drug-likeness (QED) is 0.669. The van der Waals surface area contributed by atoms with Crippen LogP contribution in [0, 0.1) is 11.6 Å². The first-order valence-corrected chi connectivity index (χ1v) is 6.29. The van der Waals surface area contributed by atoms with E-state index in [1.54, 1.807) is 19.1 Å². The molecule has 0 bridgehead atoms. The zero-order valence-corrected chi connectivity index (χ0v) is 11.3. The fourth-order valence-electron chi connectivity index (χ4n) is 1.83. The molecule has 4 nitrogen and oxygen atoms in total. The summed E-state index contributed by atoms with van der Waals surface area (Å²) in [7, 11) is 0. The van der Waals surface area contributed by atoms with E-state index in [2.05, 4.69) is 5.32 Å². The van der Waals surface area contributed by atoms with Gasteiger partial charge in [0.05, 0.1) is 17.9 Å². The van der Waals surface area contributed by atoms with Crippen LogP contribution < -0.4 is 11.1 Å². The third kappa shape index (κ3) is 3.68. The highest BCUT2D eigenvalue weighted by Crippen LogP contribution is 2.25. The lowest BCUT2D eigenvalue weighted by molar-refractivity contribution is 0.0527. The lowest BCUT2D eigenvalue weighted by Gasteiger charge is -2.12. The lowest BCUT2D eigenvalue weighted by atomic mass is 10.1. The Kier molecular flexibility index (Phi) is 4.37. The van der Waals surface area contributed by atoms with Gasteiger partial charge in [0.2, 0.25) is 0 Å². The summed E-state index contributed by atoms with van der Waals surface area (Å²) >= 11 is 0. The van der Waals surface area contributed by atoms with Crippen molar-refractivity contribution in [1.82, 2.24) is 0 Å². The molecule has 0 fully saturated rings. The van der Waals surface area contributed by atoms with E-state index in [9.17, 15) is 13.6 Å². The second-order valence-corrected chi connectivity index (χ2v) is 4.31. The van der Waals surface area contributed by atoms with Gasteiger partial charge in [-0.05, 0) is 37.3 Å². The van der Waals surface area contributed by atoms with Crippen molar-refractivity contribution in [2.45, 2.75) is 6.92 Å². The minimum Gasteiger partial charge on any atom is -0.462 e. The highest BCUT2D eigenvalue weighted by atomic mass is 19.1. The Hall–Kier alpha value is -2.63. The van der Waals surface area contributed by atoms with Gasteiger partial charge in [0.25, 0.3) is 0 Å². The normalized spacial score (nSPS) is 10.2. The molecule has 2 aromatic rings. The number of carbonyl (C=O) groups is 1. The summed E-state index contributed by atoms with van der Waals surface area (Å²) in [6, 6.07) is 7.56. The number of hydrogen-bond acceptors (Lipinski definition) is 4. The molecule has 0 aliphatic heterocycles. The van der Waals surface area contributed by atoms with Crippen molar-refractivity contribution in [2.75, 3.05) is 17.7 Å². The van der Waals surface area contributed by atoms with Gasteiger partial charge in [-0.2, -0.15) is 0 Å². The smallest absolute Gasteiger partial charge is 0.340 e. The van der Waals surface area contributed by atoms with Crippen LogP contribution in [-0.2, 0) is 4.74 Å². The van der Waals surface area contributed by atoms with Gasteiger partial charge in [-0.15, -0.1) is 0 Å². The number of ether oxygens (including phenoxy) is 1. The predicted octanol–water partition coefficient (Wildman–Crippen LogP) is 3.47. The molecule has 0 atom stereocenters. The van der Waals surface area contributed by atoms with Gasteiger partial charge < -0.3 is 15.8 Å². The topological polar surface area (TPSA) is 64.3 Å². The Morgan fingerprint density at radius 2 is 1.86 bits per heavy atom. The van der Waals surface area contributed by atoms with Crippen LogP contribution >= 0.6 is 0 Å². The van der Waals surface area contributed by atoms with Crippen molar-refractivity contribution < 1.29 is 18.3 Å². The molecule has 21 heavy (non-hydrogen) atoms. The maximum atomic E-state index is 13.2. The molecule has 0 aromatic heterocycles. The Bertz CT molecular complexity index is 654. The predicted molar refractivity (Wildman–Crippen MR) is 76.5 cm³/mol. The van der Waals surface area contributed by atoms with Gasteiger partial charge in [0, 0.05) is 17.4 Å². The number of hydrogen-bond donors (Lipinski definition) is 2. The molecule has 0 saturated carbocycles. The molecular formula is C15H14F2N2O2. The van der Waals surface area contributed by atoms with Gasteiger partial charge in [0.1, 0.15) is 11.6 Å². The fourth-order valence-corrected chi connectivity index (χ4v) is 1.83. The maximum Gasteiger partial charge on any atom is 0.340 e. The fraction of sp³-hybridized carbons (Fsp3) is 0.133. The van der Waals surface area contributed by atoms with Gasteiger partial charge in [-0.25, -0.2) is 13.6 Å². The molecule has 0 aliphatic rings. The van der Waals surface area contributed by atoms with E-state index in [-0.39, 0.29) is 17.9 Å². The molecule has 0 saturated heterocycles. The molecule has 0 unspecified atom stereocenters. The zero-order chi connectivity index (χ0) is 15.4. The van der Waals surface area contributed by atoms with Crippen LogP contribution in [0.5, 0.6) is 0 Å². The van der Waals surface area contributed by atoms with E-state index >= 15 is 0 Å². The van der Waals surface area contributed by atoms with Crippen LogP contribution in [0.4, 0.5) is 25.8 Å². The van der Waals surface area contributed by atoms with E-state index in [4.69, 9.17) is 10.5 Å². The summed E-state index contributed by atoms with van der Waals surface area (Å²) in [4.78, 5) is 11.9. The number of nitrogen functional groups attached to an aromatic ring is 1. The van der Waals surface area contributed by atoms with Crippen molar-refractivity contribution in [3.8, 4) is 0 Å². The summed E-state index contributed by atoms with van der Waals surface area (Å²) in [6.07, 6.45) is 0. The van der Waals surface area contributed by atoms with Crippen molar-refractivity contribution in [3.05, 3.63) is 53.6 Å². The summed E-state index contributed by atoms with van der Waals surface area (Å²) in [5.41, 5.74) is 6.76. The van der Waals surface area contributed by atoms with E-state index < -0.39 is 17.6 Å². The average Bonchev–Trinajstić information content (AvgIpc) is 2.40. The maximum absolute atomic E-state index is 13.2. The number of carbonyl (C=O) groups excluding carboxylic acids is 1. The largest absolute Gasteiger partial charge is 0.462 e. The molecule has 110 valence electrons. The Morgan fingerprint density at radius 1 is 1.19 bits per heavy atom. The van der Waals surface area contributed by atoms with Crippen LogP contribution in [0.1, 0.15) is 17.3 Å². The minimum absolute atomic E-state index is 0.183. The van der Waals surface area contributed by atoms with Gasteiger partial charge in [0.15, 0.2) is 0 Å². The first kappa shape index (κ1) is 14.8. The molecule has 2 aromatic carbocycles. The third-order valence-corrected chi connectivity index (χ3v) is 2.68. The van der Waals surface area contributed by atoms with Crippen molar-refractivity contribution in [2.24, 2.45) is 0 Å². The molecule has 2 rings (SSSR count). The summed E-state index contributed by atoms with van der Waals surface area (Å²) in [6.45, 7) is 1.89. The molecule has 0 aliphatic carbocycles. The molecule has 3 N–H and O–H groups in total. The highest BCUT2D eigenvalue weighted by Gasteiger charge is 2.14. The Balaban J connectivity index is 2.37. The van der Waals surface area contributed by atoms with Crippen molar-refractivity contribution >= 4 is 23.0 Å². The van der Waals surface area contributed by atoms with Gasteiger partial charge in [-0.3, -0.25) is 0 Å². The Morgan fingerprint density at radius 3 is 2.48 bits per heavy atom. The highest BCUT2D eigenvalue weighted by molar-refractivity contribution is 5.97. The second kappa shape index (κ2) is 6.21. The second-order valence-electron chi connectivity index (χ2n) is 4.31. The zero-order valence-electron chi connectivity index (χ0n) is 11.3. The van der Waals surface area contributed by atoms with Crippen molar-refractivity contribution in [3.63, 3.8) is 0 Å². The first-order chi connectivity index (χ1) is 9.99. The van der Waals surface area contributed by atoms with Crippen molar-refractivity contribution in [1.29, 1.82) is 0 Å². The number of rotatable bonds is 4. The van der Waals surface area contributed by atoms with Crippen LogP contribution in [0.2, 0.25) is 0 Å². The number of benzene rings is 2. The number of anilines is 3. The monoisotopic (exact) mass is 292 g/mol. The van der Waals surface area contributed by atoms with Crippen LogP contribution in [-0.4, -0.2) is 12.6 Å². The van der Waals surface area contributed by atoms with Crippen LogP contribution in [0.3, 0.4) is 0 Å². The third-order valence-electron chi connectivity index (χ3n) is 2.68. The van der Waals surface area contributed by atoms with E-state index in [0.717, 1.165) is 18.2 Å². The number of esters is 1. The number of halogens is 2. The summed E-state index contributed by atoms with van der Waals surface area (Å²) in [5, 5.41) is 2.78. The van der Waals surface area contributed by atoms with Crippen LogP contribution in [0.25, 0.3) is 0 Å². The van der Waals surface area contributed by atoms with E-state index in [1.807, 2.05) is 0 Å². The van der Waals surface area contributed by atoms with Crippen LogP contribution in [0.15, 0.2) is 36.4 Å². The Labute approximate surface area is 120 Å². The molecule has 6 heteroatoms. The standard InChI is InChI=1S/C15H14F2N2O2/c1-2-21-15(20)13-8-11(18)3-4-14(13)19-12-6-9(16)5-10(17)7-12/h3-8,19H,2,18H2,1H3. The molecule has 0 spiro atoms. The first-order valence-electron chi connectivity index (χ1n) is 6.29. The number of nitrogens with two attached hydrogens (primary N) is 1. The SMILES string of the molecule is CCOC(=O)c1cc(N)ccc1Nc1cc(F)cc(F)c1. The number of nitrogens with one attached hydrogen (secondary N) is 1. The van der Waals surface area contributed by atoms with E-state index in [1.165, 1.54) is 6.07 Å². The summed E-state index contributed by atoms with van der Waals surface area (Å²) < 4.78 is 31.3. The minimum atomic E-state index is -0.717. The molecular weight excluding hydrogens is 278 g/mol. The van der Waals surface area contributed by atoms with E-state index in [0.29, 0.717) is 11.4 Å². The lowest BCUT2D eigenvalue weighted by Crippen LogP contribution is -2.09. The van der Waals surface area contributed by atoms with Gasteiger partial charge in [-0.1, -0.05) is 0 Å². The summed E-state index contributed by atoms with van der Waals surface area (Å²) in [5.74, 6) is -2.00. The average molecular weight is 292 g/mol. The molecule has 0 radical (unpaired) electrons. The molecule has 0 heterocycles. The molecule has 0 amide bonds.